The lowest BCUT2D eigenvalue weighted by atomic mass is 10.1. The van der Waals surface area contributed by atoms with Crippen LogP contribution in [0.4, 0.5) is 0 Å². The van der Waals surface area contributed by atoms with E-state index in [-0.39, 0.29) is 0 Å². The molecule has 1 saturated carbocycles. The van der Waals surface area contributed by atoms with Crippen molar-refractivity contribution in [1.29, 1.82) is 0 Å². The number of hydrogen-bond donors (Lipinski definition) is 1. The molecule has 2 rings (SSSR count). The molecule has 0 radical (unpaired) electrons. The number of rotatable bonds is 5. The molecule has 3 nitrogen and oxygen atoms in total. The molecule has 4 heteroatoms. The van der Waals surface area contributed by atoms with E-state index in [1.165, 1.54) is 12.8 Å². The van der Waals surface area contributed by atoms with E-state index >= 15 is 0 Å². The zero-order chi connectivity index (χ0) is 10.7. The largest absolute Gasteiger partial charge is 0.381 e. The van der Waals surface area contributed by atoms with Gasteiger partial charge in [-0.1, -0.05) is 0 Å². The van der Waals surface area contributed by atoms with Crippen LogP contribution in [0.1, 0.15) is 32.1 Å². The maximum absolute atomic E-state index is 12.1. The lowest BCUT2D eigenvalue weighted by Gasteiger charge is -2.23. The average molecular weight is 231 g/mol. The van der Waals surface area contributed by atoms with E-state index in [1.54, 1.807) is 0 Å². The van der Waals surface area contributed by atoms with Crippen molar-refractivity contribution in [2.24, 2.45) is 11.1 Å². The van der Waals surface area contributed by atoms with Crippen LogP contribution in [0, 0.1) is 5.41 Å². The maximum Gasteiger partial charge on any atom is 0.0477 e. The van der Waals surface area contributed by atoms with Gasteiger partial charge in [0.1, 0.15) is 0 Å². The first-order valence-corrected chi connectivity index (χ1v) is 7.29. The molecule has 1 unspecified atom stereocenters. The second-order valence-electron chi connectivity index (χ2n) is 4.88. The summed E-state index contributed by atoms with van der Waals surface area (Å²) in [6.45, 7) is 2.32. The van der Waals surface area contributed by atoms with Crippen molar-refractivity contribution in [2.75, 3.05) is 25.5 Å². The van der Waals surface area contributed by atoms with E-state index in [9.17, 15) is 4.21 Å². The van der Waals surface area contributed by atoms with Crippen molar-refractivity contribution < 1.29 is 8.95 Å². The Hall–Kier alpha value is 0.0700. The van der Waals surface area contributed by atoms with Crippen LogP contribution in [-0.2, 0) is 15.5 Å². The lowest BCUT2D eigenvalue weighted by molar-refractivity contribution is 0.0991. The van der Waals surface area contributed by atoms with Crippen LogP contribution in [0.3, 0.4) is 0 Å². The molecule has 1 saturated heterocycles. The summed E-state index contributed by atoms with van der Waals surface area (Å²) in [6.07, 6.45) is 5.48. The summed E-state index contributed by atoms with van der Waals surface area (Å²) >= 11 is 0. The normalized spacial score (nSPS) is 27.5. The van der Waals surface area contributed by atoms with Crippen LogP contribution in [0.15, 0.2) is 0 Å². The monoisotopic (exact) mass is 231 g/mol. The Morgan fingerprint density at radius 1 is 1.33 bits per heavy atom. The van der Waals surface area contributed by atoms with E-state index in [0.717, 1.165) is 44.8 Å². The fourth-order valence-electron chi connectivity index (χ4n) is 2.31. The fraction of sp³-hybridized carbons (Fsp3) is 1.00. The van der Waals surface area contributed by atoms with Crippen molar-refractivity contribution in [1.82, 2.24) is 0 Å². The van der Waals surface area contributed by atoms with Crippen LogP contribution in [-0.4, -0.2) is 35.0 Å². The molecule has 88 valence electrons. The summed E-state index contributed by atoms with van der Waals surface area (Å²) in [5.41, 5.74) is 5.95. The number of hydrogen-bond acceptors (Lipinski definition) is 3. The maximum atomic E-state index is 12.1. The van der Waals surface area contributed by atoms with Crippen molar-refractivity contribution in [2.45, 2.75) is 37.4 Å². The fourth-order valence-corrected chi connectivity index (χ4v) is 4.30. The van der Waals surface area contributed by atoms with E-state index in [4.69, 9.17) is 10.5 Å². The minimum atomic E-state index is -0.650. The Labute approximate surface area is 94.2 Å². The highest BCUT2D eigenvalue weighted by atomic mass is 32.2. The molecular formula is C11H21NO2S. The molecular weight excluding hydrogens is 210 g/mol. The molecule has 0 amide bonds. The molecule has 1 heterocycles. The first kappa shape index (κ1) is 11.6. The van der Waals surface area contributed by atoms with Crippen LogP contribution >= 0.6 is 0 Å². The molecule has 0 aromatic heterocycles. The Kier molecular flexibility index (Phi) is 3.80. The Morgan fingerprint density at radius 3 is 2.53 bits per heavy atom. The summed E-state index contributed by atoms with van der Waals surface area (Å²) in [6, 6.07) is 0. The summed E-state index contributed by atoms with van der Waals surface area (Å²) in [7, 11) is -0.650. The summed E-state index contributed by atoms with van der Waals surface area (Å²) < 4.78 is 17.4. The van der Waals surface area contributed by atoms with Gasteiger partial charge in [-0.25, -0.2) is 0 Å². The van der Waals surface area contributed by atoms with Gasteiger partial charge in [-0.05, 0) is 44.1 Å². The van der Waals surface area contributed by atoms with Crippen molar-refractivity contribution in [3.8, 4) is 0 Å². The van der Waals surface area contributed by atoms with Gasteiger partial charge < -0.3 is 10.5 Å². The van der Waals surface area contributed by atoms with Gasteiger partial charge in [-0.3, -0.25) is 4.21 Å². The standard InChI is InChI=1S/C11H21NO2S/c12-6-5-11(3-4-11)9-15(13)10-1-7-14-8-2-10/h10H,1-9,12H2. The van der Waals surface area contributed by atoms with Crippen LogP contribution in [0.2, 0.25) is 0 Å². The molecule has 1 aliphatic carbocycles. The van der Waals surface area contributed by atoms with Crippen molar-refractivity contribution in [3.63, 3.8) is 0 Å². The molecule has 0 bridgehead atoms. The zero-order valence-electron chi connectivity index (χ0n) is 9.24. The summed E-state index contributed by atoms with van der Waals surface area (Å²) in [5.74, 6) is 0.884. The summed E-state index contributed by atoms with van der Waals surface area (Å²) in [5, 5.41) is 0.383. The SMILES string of the molecule is NCCC1(CS(=O)C2CCOCC2)CC1. The van der Waals surface area contributed by atoms with Gasteiger partial charge in [-0.15, -0.1) is 0 Å². The topological polar surface area (TPSA) is 52.3 Å². The molecule has 2 fully saturated rings. The van der Waals surface area contributed by atoms with E-state index in [0.29, 0.717) is 10.7 Å². The Balaban J connectivity index is 1.80. The molecule has 1 atom stereocenters. The molecule has 0 aromatic rings. The lowest BCUT2D eigenvalue weighted by Crippen LogP contribution is -2.29. The molecule has 1 aliphatic heterocycles. The average Bonchev–Trinajstić information content (AvgIpc) is 3.00. The highest BCUT2D eigenvalue weighted by Crippen LogP contribution is 2.49. The Morgan fingerprint density at radius 2 is 2.00 bits per heavy atom. The summed E-state index contributed by atoms with van der Waals surface area (Å²) in [4.78, 5) is 0. The minimum Gasteiger partial charge on any atom is -0.381 e. The molecule has 0 aromatic carbocycles. The first-order valence-electron chi connectivity index (χ1n) is 5.91. The second-order valence-corrected chi connectivity index (χ2v) is 6.59. The van der Waals surface area contributed by atoms with Gasteiger partial charge in [0.25, 0.3) is 0 Å². The quantitative estimate of drug-likeness (QED) is 0.769. The van der Waals surface area contributed by atoms with Crippen LogP contribution in [0.25, 0.3) is 0 Å². The number of nitrogens with two attached hydrogens (primary N) is 1. The zero-order valence-corrected chi connectivity index (χ0v) is 10.1. The predicted molar refractivity (Wildman–Crippen MR) is 62.2 cm³/mol. The van der Waals surface area contributed by atoms with E-state index in [2.05, 4.69) is 0 Å². The van der Waals surface area contributed by atoms with E-state index in [1.807, 2.05) is 0 Å². The molecule has 2 N–H and O–H groups in total. The highest BCUT2D eigenvalue weighted by Gasteiger charge is 2.43. The van der Waals surface area contributed by atoms with Gasteiger partial charge in [0.2, 0.25) is 0 Å². The predicted octanol–water partition coefficient (Wildman–Crippen LogP) is 1.04. The second kappa shape index (κ2) is 4.93. The third-order valence-electron chi connectivity index (χ3n) is 3.62. The minimum absolute atomic E-state index is 0.359. The highest BCUT2D eigenvalue weighted by molar-refractivity contribution is 7.85. The van der Waals surface area contributed by atoms with Gasteiger partial charge in [0.05, 0.1) is 0 Å². The van der Waals surface area contributed by atoms with Gasteiger partial charge >= 0.3 is 0 Å². The van der Waals surface area contributed by atoms with Crippen molar-refractivity contribution >= 4 is 10.8 Å². The molecule has 2 aliphatic rings. The Bertz CT molecular complexity index is 235. The third kappa shape index (κ3) is 3.02. The van der Waals surface area contributed by atoms with E-state index < -0.39 is 10.8 Å². The van der Waals surface area contributed by atoms with Gasteiger partial charge in [0.15, 0.2) is 0 Å². The smallest absolute Gasteiger partial charge is 0.0477 e. The molecule has 0 spiro atoms. The number of ether oxygens (including phenoxy) is 1. The van der Waals surface area contributed by atoms with Gasteiger partial charge in [-0.2, -0.15) is 0 Å². The van der Waals surface area contributed by atoms with Crippen LogP contribution < -0.4 is 5.73 Å². The molecule has 15 heavy (non-hydrogen) atoms. The van der Waals surface area contributed by atoms with Crippen molar-refractivity contribution in [3.05, 3.63) is 0 Å². The van der Waals surface area contributed by atoms with Gasteiger partial charge in [0, 0.05) is 35.0 Å². The van der Waals surface area contributed by atoms with Crippen LogP contribution in [0.5, 0.6) is 0 Å². The third-order valence-corrected chi connectivity index (χ3v) is 5.73. The first-order chi connectivity index (χ1) is 7.26.